The summed E-state index contributed by atoms with van der Waals surface area (Å²) in [5.74, 6) is -0.277. The first-order valence-corrected chi connectivity index (χ1v) is 9.14. The summed E-state index contributed by atoms with van der Waals surface area (Å²) in [6.45, 7) is 4.38. The first-order valence-electron chi connectivity index (χ1n) is 6.80. The number of carbonyl (C=O) groups is 1. The van der Waals surface area contributed by atoms with Crippen molar-refractivity contribution in [1.29, 1.82) is 0 Å². The molecule has 0 bridgehead atoms. The van der Waals surface area contributed by atoms with E-state index in [1.165, 1.54) is 6.07 Å². The molecule has 0 atom stereocenters. The van der Waals surface area contributed by atoms with Crippen molar-refractivity contribution >= 4 is 31.9 Å². The number of amides is 1. The van der Waals surface area contributed by atoms with E-state index in [2.05, 4.69) is 28.2 Å². The highest BCUT2D eigenvalue weighted by molar-refractivity contribution is 9.10. The molecule has 0 heterocycles. The predicted molar refractivity (Wildman–Crippen MR) is 84.5 cm³/mol. The summed E-state index contributed by atoms with van der Waals surface area (Å²) in [5, 5.41) is 8.07. The van der Waals surface area contributed by atoms with E-state index in [9.17, 15) is 13.2 Å². The highest BCUT2D eigenvalue weighted by atomic mass is 79.9. The van der Waals surface area contributed by atoms with Gasteiger partial charge in [-0.3, -0.25) is 4.79 Å². The minimum Gasteiger partial charge on any atom is -0.351 e. The van der Waals surface area contributed by atoms with Gasteiger partial charge in [-0.15, -0.1) is 0 Å². The van der Waals surface area contributed by atoms with E-state index >= 15 is 0 Å². The van der Waals surface area contributed by atoms with Crippen LogP contribution in [0.25, 0.3) is 0 Å². The van der Waals surface area contributed by atoms with Crippen LogP contribution in [0.5, 0.6) is 0 Å². The molecule has 1 amide bonds. The van der Waals surface area contributed by atoms with Crippen molar-refractivity contribution in [3.63, 3.8) is 0 Å². The van der Waals surface area contributed by atoms with E-state index in [1.54, 1.807) is 13.0 Å². The Morgan fingerprint density at radius 3 is 2.52 bits per heavy atom. The van der Waals surface area contributed by atoms with Crippen molar-refractivity contribution < 1.29 is 13.2 Å². The minimum atomic E-state index is -3.86. The van der Waals surface area contributed by atoms with Gasteiger partial charge in [-0.1, -0.05) is 22.9 Å². The van der Waals surface area contributed by atoms with Gasteiger partial charge in [0.25, 0.3) is 5.91 Å². The van der Waals surface area contributed by atoms with Gasteiger partial charge in [-0.05, 0) is 49.3 Å². The Labute approximate surface area is 133 Å². The van der Waals surface area contributed by atoms with Gasteiger partial charge < -0.3 is 5.32 Å². The molecule has 0 saturated heterocycles. The van der Waals surface area contributed by atoms with Crippen molar-refractivity contribution in [3.8, 4) is 0 Å². The first-order chi connectivity index (χ1) is 9.68. The Morgan fingerprint density at radius 2 is 2.05 bits per heavy atom. The summed E-state index contributed by atoms with van der Waals surface area (Å²) in [4.78, 5) is 12.2. The van der Waals surface area contributed by atoms with E-state index in [1.807, 2.05) is 0 Å². The number of hydrogen-bond donors (Lipinski definition) is 2. The Bertz CT molecular complexity index is 682. The summed E-state index contributed by atoms with van der Waals surface area (Å²) in [7, 11) is -3.86. The van der Waals surface area contributed by atoms with Crippen molar-refractivity contribution in [2.45, 2.75) is 38.0 Å². The van der Waals surface area contributed by atoms with Crippen LogP contribution in [0.3, 0.4) is 0 Å². The molecule has 0 unspecified atom stereocenters. The van der Waals surface area contributed by atoms with E-state index in [0.29, 0.717) is 22.1 Å². The van der Waals surface area contributed by atoms with Crippen LogP contribution in [0, 0.1) is 12.3 Å². The van der Waals surface area contributed by atoms with Crippen molar-refractivity contribution in [3.05, 3.63) is 27.7 Å². The Kier molecular flexibility index (Phi) is 4.46. The van der Waals surface area contributed by atoms with Gasteiger partial charge in [-0.25, -0.2) is 13.6 Å². The minimum absolute atomic E-state index is 0.0290. The van der Waals surface area contributed by atoms with Crippen LogP contribution in [-0.2, 0) is 10.0 Å². The summed E-state index contributed by atoms with van der Waals surface area (Å²) >= 11 is 3.27. The molecular weight excluding hydrogens is 356 g/mol. The standard InChI is InChI=1S/C14H19BrN2O3S/c1-3-14(4-5-14)8-17-13(18)10-6-11(15)9(2)12(7-10)21(16,19)20/h6-7H,3-5,8H2,1-2H3,(H,17,18)(H2,16,19,20). The third-order valence-corrected chi connectivity index (χ3v) is 6.06. The number of benzene rings is 1. The maximum atomic E-state index is 12.2. The van der Waals surface area contributed by atoms with E-state index in [-0.39, 0.29) is 16.2 Å². The van der Waals surface area contributed by atoms with Crippen molar-refractivity contribution in [1.82, 2.24) is 5.32 Å². The van der Waals surface area contributed by atoms with Crippen LogP contribution in [0.15, 0.2) is 21.5 Å². The van der Waals surface area contributed by atoms with Gasteiger partial charge in [0.05, 0.1) is 4.90 Å². The second-order valence-electron chi connectivity index (χ2n) is 5.66. The SMILES string of the molecule is CCC1(CNC(=O)c2cc(Br)c(C)c(S(N)(=O)=O)c2)CC1. The highest BCUT2D eigenvalue weighted by Crippen LogP contribution is 2.47. The van der Waals surface area contributed by atoms with Crippen molar-refractivity contribution in [2.24, 2.45) is 10.6 Å². The molecule has 1 aliphatic carbocycles. The van der Waals surface area contributed by atoms with Crippen LogP contribution in [-0.4, -0.2) is 20.9 Å². The molecule has 1 saturated carbocycles. The topological polar surface area (TPSA) is 89.3 Å². The molecule has 7 heteroatoms. The summed E-state index contributed by atoms with van der Waals surface area (Å²) in [6.07, 6.45) is 3.29. The molecular formula is C14H19BrN2O3S. The molecule has 0 aromatic heterocycles. The summed E-state index contributed by atoms with van der Waals surface area (Å²) in [6, 6.07) is 2.95. The molecule has 21 heavy (non-hydrogen) atoms. The molecule has 0 spiro atoms. The van der Waals surface area contributed by atoms with Gasteiger partial charge in [0.15, 0.2) is 0 Å². The fourth-order valence-corrected chi connectivity index (χ4v) is 3.70. The summed E-state index contributed by atoms with van der Waals surface area (Å²) < 4.78 is 23.7. The lowest BCUT2D eigenvalue weighted by Gasteiger charge is -2.14. The molecule has 3 N–H and O–H groups in total. The van der Waals surface area contributed by atoms with Crippen LogP contribution in [0.1, 0.15) is 42.1 Å². The molecule has 0 aliphatic heterocycles. The van der Waals surface area contributed by atoms with E-state index in [0.717, 1.165) is 19.3 Å². The molecule has 5 nitrogen and oxygen atoms in total. The number of nitrogens with one attached hydrogen (secondary N) is 1. The van der Waals surface area contributed by atoms with Gasteiger partial charge >= 0.3 is 0 Å². The predicted octanol–water partition coefficient (Wildman–Crippen LogP) is 2.32. The Balaban J connectivity index is 2.24. The number of sulfonamides is 1. The van der Waals surface area contributed by atoms with Gasteiger partial charge in [0, 0.05) is 16.6 Å². The lowest BCUT2D eigenvalue weighted by Crippen LogP contribution is -2.30. The second-order valence-corrected chi connectivity index (χ2v) is 8.05. The largest absolute Gasteiger partial charge is 0.351 e. The molecule has 116 valence electrons. The number of nitrogens with two attached hydrogens (primary N) is 1. The van der Waals surface area contributed by atoms with E-state index in [4.69, 9.17) is 5.14 Å². The second kappa shape index (κ2) is 5.70. The van der Waals surface area contributed by atoms with Crippen LogP contribution >= 0.6 is 15.9 Å². The molecule has 2 rings (SSSR count). The normalized spacial score (nSPS) is 16.6. The van der Waals surface area contributed by atoms with Gasteiger partial charge in [-0.2, -0.15) is 0 Å². The maximum absolute atomic E-state index is 12.2. The summed E-state index contributed by atoms with van der Waals surface area (Å²) in [5.41, 5.74) is 1.03. The van der Waals surface area contributed by atoms with Gasteiger partial charge in [0.2, 0.25) is 10.0 Å². The third kappa shape index (κ3) is 3.64. The molecule has 1 aliphatic rings. The quantitative estimate of drug-likeness (QED) is 0.828. The van der Waals surface area contributed by atoms with E-state index < -0.39 is 10.0 Å². The van der Waals surface area contributed by atoms with Gasteiger partial charge in [0.1, 0.15) is 0 Å². The fraction of sp³-hybridized carbons (Fsp3) is 0.500. The average Bonchev–Trinajstić information content (AvgIpc) is 3.18. The number of rotatable bonds is 5. The average molecular weight is 375 g/mol. The molecule has 1 aromatic carbocycles. The zero-order valence-corrected chi connectivity index (χ0v) is 14.5. The van der Waals surface area contributed by atoms with Crippen LogP contribution in [0.2, 0.25) is 0 Å². The smallest absolute Gasteiger partial charge is 0.251 e. The lowest BCUT2D eigenvalue weighted by atomic mass is 10.0. The highest BCUT2D eigenvalue weighted by Gasteiger charge is 2.40. The number of primary sulfonamides is 1. The fourth-order valence-electron chi connectivity index (χ4n) is 2.28. The van der Waals surface area contributed by atoms with Crippen LogP contribution in [0.4, 0.5) is 0 Å². The van der Waals surface area contributed by atoms with Crippen LogP contribution < -0.4 is 10.5 Å². The number of halogens is 1. The third-order valence-electron chi connectivity index (χ3n) is 4.20. The number of hydrogen-bond acceptors (Lipinski definition) is 3. The first kappa shape index (κ1) is 16.5. The molecule has 1 aromatic rings. The van der Waals surface area contributed by atoms with Crippen molar-refractivity contribution in [2.75, 3.05) is 6.54 Å². The number of carbonyl (C=O) groups excluding carboxylic acids is 1. The maximum Gasteiger partial charge on any atom is 0.251 e. The zero-order valence-electron chi connectivity index (χ0n) is 12.1. The molecule has 0 radical (unpaired) electrons. The zero-order chi connectivity index (χ0) is 15.8. The lowest BCUT2D eigenvalue weighted by molar-refractivity contribution is 0.0944. The monoisotopic (exact) mass is 374 g/mol. The molecule has 1 fully saturated rings. The Hall–Kier alpha value is -0.920. The Morgan fingerprint density at radius 1 is 1.43 bits per heavy atom.